The van der Waals surface area contributed by atoms with Gasteiger partial charge in [0.2, 0.25) is 5.91 Å². The van der Waals surface area contributed by atoms with Crippen molar-refractivity contribution in [1.82, 2.24) is 9.80 Å². The number of carbonyl (C=O) groups is 2. The molecule has 3 heterocycles. The van der Waals surface area contributed by atoms with E-state index in [-0.39, 0.29) is 11.9 Å². The van der Waals surface area contributed by atoms with Gasteiger partial charge in [-0.05, 0) is 36.6 Å². The molecule has 2 amide bonds. The summed E-state index contributed by atoms with van der Waals surface area (Å²) >= 11 is 0. The van der Waals surface area contributed by atoms with E-state index in [0.717, 1.165) is 43.8 Å². The van der Waals surface area contributed by atoms with Gasteiger partial charge in [0.25, 0.3) is 5.91 Å². The largest absolute Gasteiger partial charge is 0.468 e. The van der Waals surface area contributed by atoms with Crippen molar-refractivity contribution in [3.63, 3.8) is 0 Å². The Labute approximate surface area is 146 Å². The number of furan rings is 1. The first-order valence-corrected chi connectivity index (χ1v) is 8.61. The van der Waals surface area contributed by atoms with Crippen LogP contribution in [0.25, 0.3) is 0 Å². The highest BCUT2D eigenvalue weighted by Gasteiger charge is 2.36. The number of nitrogens with two attached hydrogens (primary N) is 1. The molecular weight excluding hydrogens is 318 g/mol. The Morgan fingerprint density at radius 1 is 1.20 bits per heavy atom. The number of likely N-dealkylation sites (tertiary alicyclic amines) is 1. The van der Waals surface area contributed by atoms with Gasteiger partial charge in [-0.25, -0.2) is 0 Å². The van der Waals surface area contributed by atoms with E-state index in [4.69, 9.17) is 10.2 Å². The number of hydrogen-bond donors (Lipinski definition) is 1. The number of rotatable bonds is 4. The van der Waals surface area contributed by atoms with Gasteiger partial charge < -0.3 is 15.1 Å². The number of nitrogens with zero attached hydrogens (tertiary/aromatic N) is 2. The first kappa shape index (κ1) is 15.9. The second-order valence-corrected chi connectivity index (χ2v) is 6.72. The quantitative estimate of drug-likeness (QED) is 0.924. The molecule has 1 fully saturated rings. The van der Waals surface area contributed by atoms with E-state index in [9.17, 15) is 9.59 Å². The van der Waals surface area contributed by atoms with Gasteiger partial charge in [-0.15, -0.1) is 0 Å². The zero-order chi connectivity index (χ0) is 17.4. The first-order valence-electron chi connectivity index (χ1n) is 8.61. The summed E-state index contributed by atoms with van der Waals surface area (Å²) in [6, 6.07) is 9.42. The van der Waals surface area contributed by atoms with E-state index in [1.54, 1.807) is 18.4 Å². The van der Waals surface area contributed by atoms with E-state index in [2.05, 4.69) is 4.90 Å². The molecular formula is C19H21N3O3. The fourth-order valence-corrected chi connectivity index (χ4v) is 3.90. The summed E-state index contributed by atoms with van der Waals surface area (Å²) in [5.74, 6) is 0.364. The number of primary amides is 1. The molecule has 0 radical (unpaired) electrons. The topological polar surface area (TPSA) is 79.8 Å². The van der Waals surface area contributed by atoms with Crippen molar-refractivity contribution in [3.05, 3.63) is 59.0 Å². The minimum Gasteiger partial charge on any atom is -0.468 e. The molecule has 2 aromatic rings. The lowest BCUT2D eigenvalue weighted by Crippen LogP contribution is -2.44. The summed E-state index contributed by atoms with van der Waals surface area (Å²) in [5, 5.41) is 0. The van der Waals surface area contributed by atoms with Crippen molar-refractivity contribution in [3.8, 4) is 0 Å². The summed E-state index contributed by atoms with van der Waals surface area (Å²) in [6.45, 7) is 3.22. The Hall–Kier alpha value is -2.60. The van der Waals surface area contributed by atoms with Gasteiger partial charge >= 0.3 is 0 Å². The van der Waals surface area contributed by atoms with Gasteiger partial charge in [0.05, 0.1) is 23.9 Å². The van der Waals surface area contributed by atoms with Gasteiger partial charge in [0, 0.05) is 25.7 Å². The standard InChI is InChI=1S/C19H21N3O3/c20-18(23)16-5-1-3-13-11-22(19(24)17(13)16)14-6-8-21(9-7-14)12-15-4-2-10-25-15/h1-5,10,14H,6-9,11-12H2,(H2,20,23). The molecule has 2 N–H and O–H groups in total. The molecule has 6 heteroatoms. The van der Waals surface area contributed by atoms with Crippen molar-refractivity contribution < 1.29 is 14.0 Å². The van der Waals surface area contributed by atoms with E-state index in [1.165, 1.54) is 0 Å². The van der Waals surface area contributed by atoms with Gasteiger partial charge in [-0.3, -0.25) is 14.5 Å². The van der Waals surface area contributed by atoms with Crippen molar-refractivity contribution >= 4 is 11.8 Å². The predicted molar refractivity (Wildman–Crippen MR) is 91.8 cm³/mol. The average molecular weight is 339 g/mol. The normalized spacial score (nSPS) is 18.6. The molecule has 0 unspecified atom stereocenters. The summed E-state index contributed by atoms with van der Waals surface area (Å²) < 4.78 is 5.41. The maximum absolute atomic E-state index is 12.8. The van der Waals surface area contributed by atoms with Crippen LogP contribution in [0.2, 0.25) is 0 Å². The van der Waals surface area contributed by atoms with Crippen molar-refractivity contribution in [2.75, 3.05) is 13.1 Å². The van der Waals surface area contributed by atoms with E-state index in [1.807, 2.05) is 23.1 Å². The first-order chi connectivity index (χ1) is 12.1. The van der Waals surface area contributed by atoms with Crippen LogP contribution >= 0.6 is 0 Å². The molecule has 1 aromatic carbocycles. The van der Waals surface area contributed by atoms with E-state index >= 15 is 0 Å². The van der Waals surface area contributed by atoms with Crippen LogP contribution in [0.4, 0.5) is 0 Å². The minimum atomic E-state index is -0.541. The lowest BCUT2D eigenvalue weighted by atomic mass is 10.0. The molecule has 0 bridgehead atoms. The van der Waals surface area contributed by atoms with Crippen LogP contribution in [0.15, 0.2) is 41.0 Å². The van der Waals surface area contributed by atoms with E-state index < -0.39 is 5.91 Å². The van der Waals surface area contributed by atoms with Crippen LogP contribution in [-0.4, -0.2) is 40.7 Å². The molecule has 6 nitrogen and oxygen atoms in total. The second kappa shape index (κ2) is 6.37. The van der Waals surface area contributed by atoms with Gasteiger partial charge in [0.15, 0.2) is 0 Å². The molecule has 25 heavy (non-hydrogen) atoms. The van der Waals surface area contributed by atoms with Gasteiger partial charge in [-0.1, -0.05) is 12.1 Å². The summed E-state index contributed by atoms with van der Waals surface area (Å²) in [6.07, 6.45) is 3.54. The van der Waals surface area contributed by atoms with Crippen LogP contribution in [0.3, 0.4) is 0 Å². The third-order valence-electron chi connectivity index (χ3n) is 5.19. The average Bonchev–Trinajstić information content (AvgIpc) is 3.24. The molecule has 2 aliphatic heterocycles. The zero-order valence-corrected chi connectivity index (χ0v) is 14.0. The second-order valence-electron chi connectivity index (χ2n) is 6.72. The zero-order valence-electron chi connectivity index (χ0n) is 14.0. The van der Waals surface area contributed by atoms with Crippen LogP contribution < -0.4 is 5.73 Å². The third-order valence-corrected chi connectivity index (χ3v) is 5.19. The molecule has 1 aromatic heterocycles. The highest BCUT2D eigenvalue weighted by Crippen LogP contribution is 2.30. The Morgan fingerprint density at radius 3 is 2.68 bits per heavy atom. The number of benzene rings is 1. The van der Waals surface area contributed by atoms with Crippen LogP contribution in [0.5, 0.6) is 0 Å². The monoisotopic (exact) mass is 339 g/mol. The molecule has 0 atom stereocenters. The van der Waals surface area contributed by atoms with Crippen LogP contribution in [0.1, 0.15) is 44.9 Å². The smallest absolute Gasteiger partial charge is 0.255 e. The number of piperidine rings is 1. The van der Waals surface area contributed by atoms with Gasteiger partial charge in [0.1, 0.15) is 5.76 Å². The Morgan fingerprint density at radius 2 is 2.00 bits per heavy atom. The predicted octanol–water partition coefficient (Wildman–Crippen LogP) is 2.00. The molecule has 0 aliphatic carbocycles. The number of carbonyl (C=O) groups excluding carboxylic acids is 2. The van der Waals surface area contributed by atoms with Crippen LogP contribution in [-0.2, 0) is 13.1 Å². The fraction of sp³-hybridized carbons (Fsp3) is 0.368. The van der Waals surface area contributed by atoms with Crippen molar-refractivity contribution in [1.29, 1.82) is 0 Å². The molecule has 130 valence electrons. The molecule has 0 saturated carbocycles. The SMILES string of the molecule is NC(=O)c1cccc2c1C(=O)N(C1CCN(Cc3ccco3)CC1)C2. The summed E-state index contributed by atoms with van der Waals surface area (Å²) in [5.41, 5.74) is 7.16. The van der Waals surface area contributed by atoms with Gasteiger partial charge in [-0.2, -0.15) is 0 Å². The maximum atomic E-state index is 12.8. The number of amides is 2. The maximum Gasteiger partial charge on any atom is 0.255 e. The fourth-order valence-electron chi connectivity index (χ4n) is 3.90. The Kier molecular flexibility index (Phi) is 4.05. The Bertz CT molecular complexity index is 792. The van der Waals surface area contributed by atoms with Crippen molar-refractivity contribution in [2.24, 2.45) is 5.73 Å². The van der Waals surface area contributed by atoms with E-state index in [0.29, 0.717) is 17.7 Å². The summed E-state index contributed by atoms with van der Waals surface area (Å²) in [4.78, 5) is 28.7. The minimum absolute atomic E-state index is 0.0612. The molecule has 2 aliphatic rings. The van der Waals surface area contributed by atoms with Crippen LogP contribution in [0, 0.1) is 0 Å². The molecule has 4 rings (SSSR count). The highest BCUT2D eigenvalue weighted by atomic mass is 16.3. The third kappa shape index (κ3) is 2.93. The molecule has 1 saturated heterocycles. The lowest BCUT2D eigenvalue weighted by molar-refractivity contribution is 0.0581. The number of fused-ring (bicyclic) bond motifs is 1. The summed E-state index contributed by atoms with van der Waals surface area (Å²) in [7, 11) is 0. The molecule has 0 spiro atoms. The Balaban J connectivity index is 1.43. The van der Waals surface area contributed by atoms with Crippen molar-refractivity contribution in [2.45, 2.75) is 32.0 Å². The number of hydrogen-bond acceptors (Lipinski definition) is 4. The highest BCUT2D eigenvalue weighted by molar-refractivity contribution is 6.09. The lowest BCUT2D eigenvalue weighted by Gasteiger charge is -2.36.